The zero-order chi connectivity index (χ0) is 12.4. The van der Waals surface area contributed by atoms with Crippen LogP contribution in [0.4, 0.5) is 0 Å². The van der Waals surface area contributed by atoms with Gasteiger partial charge in [-0.15, -0.1) is 0 Å². The first-order valence-electron chi connectivity index (χ1n) is 6.45. The van der Waals surface area contributed by atoms with E-state index in [1.165, 1.54) is 5.56 Å². The third-order valence-corrected chi connectivity index (χ3v) is 3.66. The number of hydrogen-bond donors (Lipinski definition) is 1. The summed E-state index contributed by atoms with van der Waals surface area (Å²) in [7, 11) is 0. The van der Waals surface area contributed by atoms with Gasteiger partial charge in [0.05, 0.1) is 12.3 Å². The predicted octanol–water partition coefficient (Wildman–Crippen LogP) is 2.71. The average molecular weight is 234 g/mol. The molecule has 1 aliphatic rings. The molecule has 0 aliphatic heterocycles. The van der Waals surface area contributed by atoms with Crippen LogP contribution in [-0.4, -0.2) is 17.1 Å². The van der Waals surface area contributed by atoms with Gasteiger partial charge in [-0.25, -0.2) is 0 Å². The largest absolute Gasteiger partial charge is 0.489 e. The average Bonchev–Trinajstić information content (AvgIpc) is 2.59. The first-order chi connectivity index (χ1) is 8.08. The van der Waals surface area contributed by atoms with Crippen molar-refractivity contribution in [2.45, 2.75) is 51.7 Å². The maximum Gasteiger partial charge on any atom is 0.138 e. The van der Waals surface area contributed by atoms with E-state index in [2.05, 4.69) is 18.0 Å². The molecular weight excluding hydrogens is 212 g/mol. The normalized spacial score (nSPS) is 28.6. The fourth-order valence-corrected chi connectivity index (χ4v) is 2.64. The van der Waals surface area contributed by atoms with Crippen molar-refractivity contribution in [1.29, 1.82) is 0 Å². The highest BCUT2D eigenvalue weighted by Gasteiger charge is 2.31. The van der Waals surface area contributed by atoms with Gasteiger partial charge in [0, 0.05) is 12.2 Å². The molecule has 3 unspecified atom stereocenters. The summed E-state index contributed by atoms with van der Waals surface area (Å²) in [5.41, 5.74) is 7.34. The Labute approximate surface area is 103 Å². The predicted molar refractivity (Wildman–Crippen MR) is 69.1 cm³/mol. The molecule has 0 amide bonds. The van der Waals surface area contributed by atoms with E-state index >= 15 is 0 Å². The van der Waals surface area contributed by atoms with Crippen LogP contribution in [0.1, 0.15) is 45.1 Å². The lowest BCUT2D eigenvalue weighted by Crippen LogP contribution is -2.24. The summed E-state index contributed by atoms with van der Waals surface area (Å²) in [4.78, 5) is 4.28. The molecule has 2 rings (SSSR count). The van der Waals surface area contributed by atoms with Gasteiger partial charge >= 0.3 is 0 Å². The molecule has 1 saturated carbocycles. The number of hydrogen-bond acceptors (Lipinski definition) is 3. The second-order valence-electron chi connectivity index (χ2n) is 5.33. The van der Waals surface area contributed by atoms with Crippen LogP contribution in [0.5, 0.6) is 5.75 Å². The van der Waals surface area contributed by atoms with Gasteiger partial charge in [-0.3, -0.25) is 4.98 Å². The summed E-state index contributed by atoms with van der Waals surface area (Å²) in [5, 5.41) is 0. The van der Waals surface area contributed by atoms with Crippen LogP contribution in [0.3, 0.4) is 0 Å². The molecule has 2 N–H and O–H groups in total. The van der Waals surface area contributed by atoms with Gasteiger partial charge in [0.15, 0.2) is 0 Å². The SMILES string of the molecule is CC(C)Oc1cncc(C2CCC(N)C2C)c1. The maximum absolute atomic E-state index is 6.07. The van der Waals surface area contributed by atoms with Crippen LogP contribution in [-0.2, 0) is 0 Å². The van der Waals surface area contributed by atoms with Crippen molar-refractivity contribution >= 4 is 0 Å². The minimum atomic E-state index is 0.190. The topological polar surface area (TPSA) is 48.1 Å². The molecule has 1 heterocycles. The smallest absolute Gasteiger partial charge is 0.138 e. The van der Waals surface area contributed by atoms with E-state index < -0.39 is 0 Å². The van der Waals surface area contributed by atoms with Crippen molar-refractivity contribution in [3.8, 4) is 5.75 Å². The summed E-state index contributed by atoms with van der Waals surface area (Å²) in [6, 6.07) is 2.45. The molecule has 0 bridgehead atoms. The number of pyridine rings is 1. The Kier molecular flexibility index (Phi) is 3.67. The molecule has 3 heteroatoms. The fourth-order valence-electron chi connectivity index (χ4n) is 2.64. The lowest BCUT2D eigenvalue weighted by molar-refractivity contribution is 0.241. The van der Waals surface area contributed by atoms with Crippen LogP contribution in [0, 0.1) is 5.92 Å². The van der Waals surface area contributed by atoms with E-state index in [0.29, 0.717) is 17.9 Å². The molecule has 3 atom stereocenters. The fraction of sp³-hybridized carbons (Fsp3) is 0.643. The Morgan fingerprint density at radius 3 is 2.71 bits per heavy atom. The van der Waals surface area contributed by atoms with Crippen LogP contribution >= 0.6 is 0 Å². The van der Waals surface area contributed by atoms with Crippen molar-refractivity contribution in [3.63, 3.8) is 0 Å². The molecule has 1 aromatic heterocycles. The molecule has 17 heavy (non-hydrogen) atoms. The van der Waals surface area contributed by atoms with E-state index in [9.17, 15) is 0 Å². The number of nitrogens with two attached hydrogens (primary N) is 1. The summed E-state index contributed by atoms with van der Waals surface area (Å²) in [6.07, 6.45) is 6.20. The minimum absolute atomic E-state index is 0.190. The van der Waals surface area contributed by atoms with E-state index in [1.54, 1.807) is 6.20 Å². The highest BCUT2D eigenvalue weighted by molar-refractivity contribution is 5.28. The van der Waals surface area contributed by atoms with Crippen molar-refractivity contribution in [3.05, 3.63) is 24.0 Å². The van der Waals surface area contributed by atoms with Crippen molar-refractivity contribution in [2.24, 2.45) is 11.7 Å². The quantitative estimate of drug-likeness (QED) is 0.874. The molecule has 1 aliphatic carbocycles. The van der Waals surface area contributed by atoms with Gasteiger partial charge in [-0.05, 0) is 50.2 Å². The summed E-state index contributed by atoms with van der Waals surface area (Å²) in [6.45, 7) is 6.29. The Morgan fingerprint density at radius 1 is 1.35 bits per heavy atom. The molecule has 0 saturated heterocycles. The third kappa shape index (κ3) is 2.78. The highest BCUT2D eigenvalue weighted by atomic mass is 16.5. The second kappa shape index (κ2) is 5.05. The number of nitrogens with zero attached hydrogens (tertiary/aromatic N) is 1. The third-order valence-electron chi connectivity index (χ3n) is 3.66. The summed E-state index contributed by atoms with van der Waals surface area (Å²) in [5.74, 6) is 1.93. The second-order valence-corrected chi connectivity index (χ2v) is 5.33. The van der Waals surface area contributed by atoms with Crippen molar-refractivity contribution < 1.29 is 4.74 Å². The van der Waals surface area contributed by atoms with Gasteiger partial charge in [0.1, 0.15) is 5.75 Å². The standard InChI is InChI=1S/C14H22N2O/c1-9(2)17-12-6-11(7-16-8-12)13-4-5-14(15)10(13)3/h6-10,13-14H,4-5,15H2,1-3H3. The van der Waals surface area contributed by atoms with E-state index in [4.69, 9.17) is 10.5 Å². The lowest BCUT2D eigenvalue weighted by atomic mass is 9.90. The molecule has 0 spiro atoms. The highest BCUT2D eigenvalue weighted by Crippen LogP contribution is 2.39. The molecule has 0 radical (unpaired) electrons. The summed E-state index contributed by atoms with van der Waals surface area (Å²) < 4.78 is 5.68. The minimum Gasteiger partial charge on any atom is -0.489 e. The molecular formula is C14H22N2O. The molecule has 1 aromatic rings. The van der Waals surface area contributed by atoms with Crippen molar-refractivity contribution in [2.75, 3.05) is 0 Å². The number of rotatable bonds is 3. The van der Waals surface area contributed by atoms with Gasteiger partial charge < -0.3 is 10.5 Å². The van der Waals surface area contributed by atoms with Crippen LogP contribution in [0.2, 0.25) is 0 Å². The van der Waals surface area contributed by atoms with Crippen LogP contribution in [0.25, 0.3) is 0 Å². The van der Waals surface area contributed by atoms with Crippen molar-refractivity contribution in [1.82, 2.24) is 4.98 Å². The first kappa shape index (κ1) is 12.4. The summed E-state index contributed by atoms with van der Waals surface area (Å²) >= 11 is 0. The van der Waals surface area contributed by atoms with E-state index in [0.717, 1.165) is 18.6 Å². The zero-order valence-corrected chi connectivity index (χ0v) is 10.9. The molecule has 94 valence electrons. The van der Waals surface area contributed by atoms with Gasteiger partial charge in [-0.2, -0.15) is 0 Å². The van der Waals surface area contributed by atoms with Gasteiger partial charge in [0.25, 0.3) is 0 Å². The zero-order valence-electron chi connectivity index (χ0n) is 10.9. The molecule has 1 fully saturated rings. The monoisotopic (exact) mass is 234 g/mol. The number of aromatic nitrogens is 1. The molecule has 3 nitrogen and oxygen atoms in total. The lowest BCUT2D eigenvalue weighted by Gasteiger charge is -2.19. The molecule has 0 aromatic carbocycles. The Bertz CT molecular complexity index is 378. The Balaban J connectivity index is 2.16. The van der Waals surface area contributed by atoms with Crippen LogP contribution < -0.4 is 10.5 Å². The van der Waals surface area contributed by atoms with E-state index in [-0.39, 0.29) is 6.10 Å². The first-order valence-corrected chi connectivity index (χ1v) is 6.45. The van der Waals surface area contributed by atoms with Gasteiger partial charge in [0.2, 0.25) is 0 Å². The van der Waals surface area contributed by atoms with E-state index in [1.807, 2.05) is 20.0 Å². The number of ether oxygens (including phenoxy) is 1. The van der Waals surface area contributed by atoms with Gasteiger partial charge in [-0.1, -0.05) is 6.92 Å². The van der Waals surface area contributed by atoms with Crippen LogP contribution in [0.15, 0.2) is 18.5 Å². The maximum atomic E-state index is 6.07. The Hall–Kier alpha value is -1.09. The Morgan fingerprint density at radius 2 is 2.12 bits per heavy atom.